The molecule has 2 nitrogen and oxygen atoms in total. The minimum Gasteiger partial charge on any atom is -0.229 e. The Morgan fingerprint density at radius 2 is 1.83 bits per heavy atom. The van der Waals surface area contributed by atoms with Crippen molar-refractivity contribution in [1.29, 1.82) is 0 Å². The van der Waals surface area contributed by atoms with E-state index in [9.17, 15) is 8.42 Å². The molecule has 1 atom stereocenters. The van der Waals surface area contributed by atoms with E-state index in [0.717, 1.165) is 19.3 Å². The van der Waals surface area contributed by atoms with Gasteiger partial charge in [0.1, 0.15) is 0 Å². The highest BCUT2D eigenvalue weighted by Gasteiger charge is 2.43. The largest absolute Gasteiger partial charge is 0.229 e. The lowest BCUT2D eigenvalue weighted by atomic mass is 9.74. The molecule has 0 aliphatic carbocycles. The number of halogens is 2. The van der Waals surface area contributed by atoms with Gasteiger partial charge in [-0.3, -0.25) is 0 Å². The Morgan fingerprint density at radius 3 is 2.28 bits per heavy atom. The van der Waals surface area contributed by atoms with E-state index in [0.29, 0.717) is 17.5 Å². The average Bonchev–Trinajstić information content (AvgIpc) is 2.71. The number of hydrogen-bond donors (Lipinski definition) is 0. The molecular formula is C13H24Cl2O2S. The van der Waals surface area contributed by atoms with E-state index in [4.69, 9.17) is 23.2 Å². The Labute approximate surface area is 121 Å². The number of alkyl halides is 2. The topological polar surface area (TPSA) is 34.1 Å². The van der Waals surface area contributed by atoms with E-state index in [1.54, 1.807) is 0 Å². The first-order valence-electron chi connectivity index (χ1n) is 6.82. The lowest BCUT2D eigenvalue weighted by molar-refractivity contribution is 0.219. The molecule has 0 bridgehead atoms. The molecule has 0 aromatic rings. The van der Waals surface area contributed by atoms with Crippen molar-refractivity contribution in [3.8, 4) is 0 Å². The molecule has 0 N–H and O–H groups in total. The van der Waals surface area contributed by atoms with Gasteiger partial charge in [0.05, 0.1) is 11.5 Å². The number of rotatable bonds is 8. The summed E-state index contributed by atoms with van der Waals surface area (Å²) in [6.07, 6.45) is 6.40. The summed E-state index contributed by atoms with van der Waals surface area (Å²) in [5.41, 5.74) is -0.180. The second kappa shape index (κ2) is 7.35. The minimum absolute atomic E-state index is 0.152. The Hall–Kier alpha value is 0.530. The second-order valence-corrected chi connectivity index (χ2v) is 8.30. The van der Waals surface area contributed by atoms with Gasteiger partial charge in [0.15, 0.2) is 9.84 Å². The highest BCUT2D eigenvalue weighted by atomic mass is 35.5. The van der Waals surface area contributed by atoms with Crippen molar-refractivity contribution >= 4 is 33.0 Å². The van der Waals surface area contributed by atoms with Crippen molar-refractivity contribution in [3.63, 3.8) is 0 Å². The summed E-state index contributed by atoms with van der Waals surface area (Å²) in [6, 6.07) is 0. The molecule has 1 unspecified atom stereocenters. The fourth-order valence-electron chi connectivity index (χ4n) is 2.77. The van der Waals surface area contributed by atoms with Crippen LogP contribution in [0.5, 0.6) is 0 Å². The molecule has 0 saturated carbocycles. The molecule has 5 heteroatoms. The van der Waals surface area contributed by atoms with Crippen LogP contribution in [0, 0.1) is 11.3 Å². The van der Waals surface area contributed by atoms with Gasteiger partial charge in [-0.2, -0.15) is 0 Å². The third-order valence-corrected chi connectivity index (χ3v) is 6.99. The highest BCUT2D eigenvalue weighted by Crippen LogP contribution is 2.42. The maximum Gasteiger partial charge on any atom is 0.150 e. The molecule has 0 amide bonds. The van der Waals surface area contributed by atoms with E-state index in [2.05, 4.69) is 6.92 Å². The van der Waals surface area contributed by atoms with Gasteiger partial charge in [0, 0.05) is 17.2 Å². The van der Waals surface area contributed by atoms with Crippen molar-refractivity contribution in [2.45, 2.75) is 45.4 Å². The summed E-state index contributed by atoms with van der Waals surface area (Å²) < 4.78 is 23.2. The van der Waals surface area contributed by atoms with Gasteiger partial charge in [-0.25, -0.2) is 8.42 Å². The normalized spacial score (nSPS) is 23.4. The van der Waals surface area contributed by atoms with E-state index in [-0.39, 0.29) is 17.1 Å². The van der Waals surface area contributed by atoms with Gasteiger partial charge in [-0.15, -0.1) is 23.2 Å². The van der Waals surface area contributed by atoms with E-state index in [1.807, 2.05) is 0 Å². The summed E-state index contributed by atoms with van der Waals surface area (Å²) in [5, 5.41) is 0. The minimum atomic E-state index is -2.85. The Kier molecular flexibility index (Phi) is 6.77. The summed E-state index contributed by atoms with van der Waals surface area (Å²) in [7, 11) is -2.85. The molecule has 1 rings (SSSR count). The molecule has 0 aromatic carbocycles. The van der Waals surface area contributed by atoms with Crippen molar-refractivity contribution in [2.75, 3.05) is 23.3 Å². The number of unbranched alkanes of at least 4 members (excludes halogenated alkanes) is 3. The molecule has 18 heavy (non-hydrogen) atoms. The second-order valence-electron chi connectivity index (χ2n) is 5.54. The average molecular weight is 315 g/mol. The van der Waals surface area contributed by atoms with Crippen LogP contribution in [0.15, 0.2) is 0 Å². The molecule has 1 fully saturated rings. The van der Waals surface area contributed by atoms with Crippen LogP contribution in [0.4, 0.5) is 0 Å². The van der Waals surface area contributed by atoms with E-state index < -0.39 is 9.84 Å². The van der Waals surface area contributed by atoms with Crippen molar-refractivity contribution in [2.24, 2.45) is 11.3 Å². The molecule has 0 radical (unpaired) electrons. The van der Waals surface area contributed by atoms with Gasteiger partial charge in [0.2, 0.25) is 0 Å². The maximum atomic E-state index is 11.6. The molecule has 1 heterocycles. The van der Waals surface area contributed by atoms with Crippen LogP contribution >= 0.6 is 23.2 Å². The first-order valence-corrected chi connectivity index (χ1v) is 9.71. The zero-order valence-corrected chi connectivity index (χ0v) is 13.5. The molecule has 1 saturated heterocycles. The molecule has 0 aromatic heterocycles. The first kappa shape index (κ1) is 16.6. The Bertz CT molecular complexity index is 337. The van der Waals surface area contributed by atoms with E-state index in [1.165, 1.54) is 19.3 Å². The molecular weight excluding hydrogens is 291 g/mol. The molecule has 108 valence electrons. The molecule has 1 aliphatic rings. The smallest absolute Gasteiger partial charge is 0.150 e. The lowest BCUT2D eigenvalue weighted by Crippen LogP contribution is -2.35. The van der Waals surface area contributed by atoms with Crippen molar-refractivity contribution in [3.05, 3.63) is 0 Å². The monoisotopic (exact) mass is 314 g/mol. The summed E-state index contributed by atoms with van der Waals surface area (Å²) in [5.74, 6) is 1.69. The third kappa shape index (κ3) is 4.28. The van der Waals surface area contributed by atoms with Crippen LogP contribution in [0.25, 0.3) is 0 Å². The van der Waals surface area contributed by atoms with Crippen LogP contribution < -0.4 is 0 Å². The maximum absolute atomic E-state index is 11.6. The van der Waals surface area contributed by atoms with Gasteiger partial charge in [-0.05, 0) is 18.8 Å². The van der Waals surface area contributed by atoms with Crippen molar-refractivity contribution in [1.82, 2.24) is 0 Å². The van der Waals surface area contributed by atoms with Gasteiger partial charge < -0.3 is 0 Å². The first-order chi connectivity index (χ1) is 8.49. The molecule has 1 aliphatic heterocycles. The van der Waals surface area contributed by atoms with Crippen LogP contribution in [0.3, 0.4) is 0 Å². The fraction of sp³-hybridized carbons (Fsp3) is 1.00. The summed E-state index contributed by atoms with van der Waals surface area (Å²) in [6.45, 7) is 2.18. The third-order valence-electron chi connectivity index (χ3n) is 4.16. The SMILES string of the molecule is CCCCCCC(CCl)(CCl)C1CCS(=O)(=O)C1. The zero-order chi connectivity index (χ0) is 13.6. The van der Waals surface area contributed by atoms with Gasteiger partial charge in [0.25, 0.3) is 0 Å². The number of hydrogen-bond acceptors (Lipinski definition) is 2. The van der Waals surface area contributed by atoms with Gasteiger partial charge >= 0.3 is 0 Å². The predicted molar refractivity (Wildman–Crippen MR) is 79.4 cm³/mol. The summed E-state index contributed by atoms with van der Waals surface area (Å²) in [4.78, 5) is 0. The zero-order valence-electron chi connectivity index (χ0n) is 11.1. The lowest BCUT2D eigenvalue weighted by Gasteiger charge is -2.35. The summed E-state index contributed by atoms with van der Waals surface area (Å²) >= 11 is 12.3. The standard InChI is InChI=1S/C13H24Cl2O2S/c1-2-3-4-5-7-13(10-14,11-15)12-6-8-18(16,17)9-12/h12H,2-11H2,1H3. The Balaban J connectivity index is 2.62. The fourth-order valence-corrected chi connectivity index (χ4v) is 5.71. The highest BCUT2D eigenvalue weighted by molar-refractivity contribution is 7.91. The Morgan fingerprint density at radius 1 is 1.17 bits per heavy atom. The van der Waals surface area contributed by atoms with Gasteiger partial charge in [-0.1, -0.05) is 32.6 Å². The predicted octanol–water partition coefficient (Wildman–Crippen LogP) is 3.86. The van der Waals surface area contributed by atoms with E-state index >= 15 is 0 Å². The quantitative estimate of drug-likeness (QED) is 0.503. The number of sulfone groups is 1. The van der Waals surface area contributed by atoms with Crippen LogP contribution in [0.1, 0.15) is 45.4 Å². The van der Waals surface area contributed by atoms with Crippen molar-refractivity contribution < 1.29 is 8.42 Å². The van der Waals surface area contributed by atoms with Crippen LogP contribution in [-0.2, 0) is 9.84 Å². The van der Waals surface area contributed by atoms with Crippen LogP contribution in [0.2, 0.25) is 0 Å². The van der Waals surface area contributed by atoms with Crippen LogP contribution in [-0.4, -0.2) is 31.7 Å². The molecule has 0 spiro atoms.